The number of hydrogen-bond donors (Lipinski definition) is 1. The van der Waals surface area contributed by atoms with E-state index in [1.807, 2.05) is 13.8 Å². The molecule has 1 amide bonds. The molecule has 0 aromatic carbocycles. The second kappa shape index (κ2) is 20.2. The predicted molar refractivity (Wildman–Crippen MR) is 95.4 cm³/mol. The second-order valence-electron chi connectivity index (χ2n) is 5.54. The van der Waals surface area contributed by atoms with Gasteiger partial charge in [0.05, 0.1) is 12.5 Å². The summed E-state index contributed by atoms with van der Waals surface area (Å²) in [6, 6.07) is 0. The molecule has 28 heavy (non-hydrogen) atoms. The van der Waals surface area contributed by atoms with Crippen LogP contribution in [0.25, 0.3) is 0 Å². The van der Waals surface area contributed by atoms with Crippen LogP contribution in [0, 0.1) is 11.8 Å². The first kappa shape index (κ1) is 31.1. The molecule has 0 rings (SSSR count). The van der Waals surface area contributed by atoms with Crippen molar-refractivity contribution in [2.75, 3.05) is 26.4 Å². The van der Waals surface area contributed by atoms with Gasteiger partial charge in [-0.15, -0.1) is 0 Å². The van der Waals surface area contributed by atoms with Crippen LogP contribution >= 0.6 is 0 Å². The number of esters is 2. The van der Waals surface area contributed by atoms with Gasteiger partial charge in [-0.05, 0) is 18.8 Å². The summed E-state index contributed by atoms with van der Waals surface area (Å²) in [6.45, 7) is 10.5. The van der Waals surface area contributed by atoms with Crippen molar-refractivity contribution in [1.29, 1.82) is 0 Å². The maximum absolute atomic E-state index is 11.3. The van der Waals surface area contributed by atoms with Gasteiger partial charge < -0.3 is 29.4 Å². The number of carboxylic acids is 1. The van der Waals surface area contributed by atoms with Crippen molar-refractivity contribution in [1.82, 2.24) is 5.32 Å². The van der Waals surface area contributed by atoms with Gasteiger partial charge in [0.15, 0.2) is 0 Å². The van der Waals surface area contributed by atoms with E-state index in [0.29, 0.717) is 12.8 Å². The number of hydrogen-bond acceptors (Lipinski definition) is 8. The van der Waals surface area contributed by atoms with Crippen LogP contribution in [0.1, 0.15) is 40.5 Å². The molecule has 0 saturated heterocycles. The Kier molecular flexibility index (Phi) is 22.4. The molecule has 0 aliphatic carbocycles. The SMILES string of the molecule is C=CC(=O)OCCNC(=O)OCCOC(=O)C(C)CC.CCC(C)C(=O)[O-].[Na+]. The average Bonchev–Trinajstić information content (AvgIpc) is 2.66. The van der Waals surface area contributed by atoms with Gasteiger partial charge in [-0.2, -0.15) is 0 Å². The van der Waals surface area contributed by atoms with Crippen molar-refractivity contribution in [3.8, 4) is 0 Å². The average molecular weight is 411 g/mol. The number of nitrogens with one attached hydrogen (secondary N) is 1. The van der Waals surface area contributed by atoms with E-state index in [1.165, 1.54) is 0 Å². The van der Waals surface area contributed by atoms with Crippen LogP contribution in [0.15, 0.2) is 12.7 Å². The van der Waals surface area contributed by atoms with E-state index in [1.54, 1.807) is 13.8 Å². The van der Waals surface area contributed by atoms with E-state index in [4.69, 9.17) is 9.47 Å². The Morgan fingerprint density at radius 2 is 1.50 bits per heavy atom. The molecule has 0 radical (unpaired) electrons. The number of carbonyl (C=O) groups is 4. The summed E-state index contributed by atoms with van der Waals surface area (Å²) < 4.78 is 14.3. The summed E-state index contributed by atoms with van der Waals surface area (Å²) in [6.07, 6.45) is 1.72. The molecule has 0 fully saturated rings. The number of carbonyl (C=O) groups excluding carboxylic acids is 4. The van der Waals surface area contributed by atoms with Crippen LogP contribution < -0.4 is 40.0 Å². The number of amides is 1. The Balaban J connectivity index is -0.000000665. The fraction of sp³-hybridized carbons (Fsp3) is 0.667. The minimum Gasteiger partial charge on any atom is -0.550 e. The largest absolute Gasteiger partial charge is 1.00 e. The van der Waals surface area contributed by atoms with Gasteiger partial charge in [0.2, 0.25) is 0 Å². The van der Waals surface area contributed by atoms with Crippen LogP contribution in [0.2, 0.25) is 0 Å². The summed E-state index contributed by atoms with van der Waals surface area (Å²) >= 11 is 0. The number of carboxylic acid groups (broad SMARTS) is 1. The number of aliphatic carboxylic acids is 1. The Morgan fingerprint density at radius 1 is 0.964 bits per heavy atom. The van der Waals surface area contributed by atoms with Crippen molar-refractivity contribution < 1.29 is 68.1 Å². The fourth-order valence-electron chi connectivity index (χ4n) is 1.17. The van der Waals surface area contributed by atoms with Crippen LogP contribution in [0.3, 0.4) is 0 Å². The molecule has 0 aliphatic rings. The van der Waals surface area contributed by atoms with Gasteiger partial charge in [0, 0.05) is 12.0 Å². The summed E-state index contributed by atoms with van der Waals surface area (Å²) in [5.41, 5.74) is 0. The van der Waals surface area contributed by atoms with Crippen molar-refractivity contribution in [2.45, 2.75) is 40.5 Å². The van der Waals surface area contributed by atoms with Crippen LogP contribution in [0.5, 0.6) is 0 Å². The molecule has 0 aromatic heterocycles. The van der Waals surface area contributed by atoms with E-state index in [9.17, 15) is 24.3 Å². The van der Waals surface area contributed by atoms with Gasteiger partial charge in [0.1, 0.15) is 19.8 Å². The van der Waals surface area contributed by atoms with E-state index in [2.05, 4.69) is 16.6 Å². The minimum absolute atomic E-state index is 0. The second-order valence-corrected chi connectivity index (χ2v) is 5.54. The maximum Gasteiger partial charge on any atom is 1.00 e. The Bertz CT molecular complexity index is 484. The molecular weight excluding hydrogens is 381 g/mol. The van der Waals surface area contributed by atoms with Crippen molar-refractivity contribution in [2.24, 2.45) is 11.8 Å². The van der Waals surface area contributed by atoms with Crippen molar-refractivity contribution >= 4 is 24.0 Å². The standard InChI is InChI=1S/C13H21NO6.C5H10O2.Na/c1-4-10(3)12(16)19-8-9-20-13(17)14-6-7-18-11(15)5-2;1-3-4(2)5(6)7;/h5,10H,2,4,6-9H2,1,3H3,(H,14,17);4H,3H2,1-2H3,(H,6,7);/q;;+1/p-1. The molecule has 1 N–H and O–H groups in total. The molecule has 9 nitrogen and oxygen atoms in total. The summed E-state index contributed by atoms with van der Waals surface area (Å²) in [7, 11) is 0. The first-order valence-corrected chi connectivity index (χ1v) is 8.76. The quantitative estimate of drug-likeness (QED) is 0.133. The summed E-state index contributed by atoms with van der Waals surface area (Å²) in [5, 5.41) is 12.2. The van der Waals surface area contributed by atoms with E-state index in [0.717, 1.165) is 6.08 Å². The molecule has 2 atom stereocenters. The molecule has 0 heterocycles. The van der Waals surface area contributed by atoms with Crippen LogP contribution in [0.4, 0.5) is 4.79 Å². The molecule has 0 spiro atoms. The zero-order valence-corrected chi connectivity index (χ0v) is 19.4. The first-order valence-electron chi connectivity index (χ1n) is 8.76. The third-order valence-electron chi connectivity index (χ3n) is 3.37. The fourth-order valence-corrected chi connectivity index (χ4v) is 1.17. The topological polar surface area (TPSA) is 131 Å². The van der Waals surface area contributed by atoms with Gasteiger partial charge in [-0.3, -0.25) is 4.79 Å². The smallest absolute Gasteiger partial charge is 0.550 e. The Hall–Kier alpha value is -1.58. The van der Waals surface area contributed by atoms with Crippen LogP contribution in [-0.2, 0) is 28.6 Å². The zero-order valence-electron chi connectivity index (χ0n) is 17.4. The monoisotopic (exact) mass is 411 g/mol. The first-order chi connectivity index (χ1) is 12.7. The predicted octanol–water partition coefficient (Wildman–Crippen LogP) is -2.18. The third-order valence-corrected chi connectivity index (χ3v) is 3.37. The minimum atomic E-state index is -0.956. The van der Waals surface area contributed by atoms with Gasteiger partial charge >= 0.3 is 47.6 Å². The van der Waals surface area contributed by atoms with Gasteiger partial charge in [0.25, 0.3) is 0 Å². The molecule has 0 aliphatic heterocycles. The van der Waals surface area contributed by atoms with E-state index in [-0.39, 0.29) is 73.7 Å². The molecule has 10 heteroatoms. The number of ether oxygens (including phenoxy) is 3. The third kappa shape index (κ3) is 19.2. The maximum atomic E-state index is 11.3. The van der Waals surface area contributed by atoms with Gasteiger partial charge in [-0.25, -0.2) is 9.59 Å². The molecule has 0 saturated carbocycles. The number of rotatable bonds is 11. The van der Waals surface area contributed by atoms with E-state index >= 15 is 0 Å². The zero-order chi connectivity index (χ0) is 21.2. The Labute approximate surface area is 188 Å². The van der Waals surface area contributed by atoms with Gasteiger partial charge in [-0.1, -0.05) is 34.3 Å². The molecule has 0 bridgehead atoms. The molecule has 156 valence electrons. The van der Waals surface area contributed by atoms with E-state index < -0.39 is 18.0 Å². The Morgan fingerprint density at radius 3 is 1.93 bits per heavy atom. The van der Waals surface area contributed by atoms with Crippen molar-refractivity contribution in [3.05, 3.63) is 12.7 Å². The number of alkyl carbamates (subject to hydrolysis) is 1. The van der Waals surface area contributed by atoms with Crippen LogP contribution in [-0.4, -0.2) is 50.4 Å². The van der Waals surface area contributed by atoms with Crippen molar-refractivity contribution in [3.63, 3.8) is 0 Å². The molecule has 2 unspecified atom stereocenters. The normalized spacial score (nSPS) is 11.3. The summed E-state index contributed by atoms with van der Waals surface area (Å²) in [4.78, 5) is 42.9. The molecule has 0 aromatic rings. The summed E-state index contributed by atoms with van der Waals surface area (Å²) in [5.74, 6) is -2.28. The molecular formula is C18H30NNaO8.